The predicted octanol–water partition coefficient (Wildman–Crippen LogP) is 2.38. The Labute approximate surface area is 153 Å². The third kappa shape index (κ3) is 3.60. The number of aliphatic imine (C=N–C) groups is 2. The zero-order chi connectivity index (χ0) is 18.6. The third-order valence-corrected chi connectivity index (χ3v) is 4.91. The molecule has 0 saturated heterocycles. The lowest BCUT2D eigenvalue weighted by atomic mass is 9.87. The fourth-order valence-electron chi connectivity index (χ4n) is 3.77. The fraction of sp³-hybridized carbons (Fsp3) is 0.556. The van der Waals surface area contributed by atoms with Crippen molar-refractivity contribution in [1.29, 1.82) is 0 Å². The van der Waals surface area contributed by atoms with Gasteiger partial charge in [-0.15, -0.1) is 0 Å². The van der Waals surface area contributed by atoms with Gasteiger partial charge in [0.15, 0.2) is 0 Å². The van der Waals surface area contributed by atoms with E-state index in [2.05, 4.69) is 15.3 Å². The molecule has 0 amide bonds. The largest absolute Gasteiger partial charge is 0.385 e. The molecule has 1 spiro atoms. The molecule has 1 aliphatic heterocycles. The van der Waals surface area contributed by atoms with Gasteiger partial charge in [0, 0.05) is 20.3 Å². The molecular weight excluding hydrogens is 335 g/mol. The van der Waals surface area contributed by atoms with E-state index in [1.54, 1.807) is 13.2 Å². The topological polar surface area (TPSA) is 101 Å². The number of ether oxygens (including phenoxy) is 1. The number of guanidine groups is 2. The zero-order valence-electron chi connectivity index (χ0n) is 15.2. The lowest BCUT2D eigenvalue weighted by Gasteiger charge is -2.46. The van der Waals surface area contributed by atoms with E-state index in [4.69, 9.17) is 16.2 Å². The highest BCUT2D eigenvalue weighted by Gasteiger charge is 2.43. The van der Waals surface area contributed by atoms with Gasteiger partial charge in [0.2, 0.25) is 11.9 Å². The van der Waals surface area contributed by atoms with E-state index in [0.717, 1.165) is 38.5 Å². The predicted molar refractivity (Wildman–Crippen MR) is 103 cm³/mol. The summed E-state index contributed by atoms with van der Waals surface area (Å²) in [5.41, 5.74) is 12.6. The molecule has 0 bridgehead atoms. The van der Waals surface area contributed by atoms with Crippen molar-refractivity contribution in [3.63, 3.8) is 0 Å². The molecule has 1 heterocycles. The van der Waals surface area contributed by atoms with Gasteiger partial charge in [0.1, 0.15) is 11.5 Å². The van der Waals surface area contributed by atoms with Gasteiger partial charge >= 0.3 is 0 Å². The summed E-state index contributed by atoms with van der Waals surface area (Å²) in [5, 5.41) is 3.18. The van der Waals surface area contributed by atoms with Crippen LogP contribution in [0.5, 0.6) is 0 Å². The van der Waals surface area contributed by atoms with Crippen molar-refractivity contribution in [2.24, 2.45) is 21.5 Å². The van der Waals surface area contributed by atoms with Crippen molar-refractivity contribution in [3.05, 3.63) is 24.0 Å². The Morgan fingerprint density at radius 1 is 1.27 bits per heavy atom. The molecule has 26 heavy (non-hydrogen) atoms. The quantitative estimate of drug-likeness (QED) is 0.675. The first kappa shape index (κ1) is 18.4. The Kier molecular flexibility index (Phi) is 5.61. The van der Waals surface area contributed by atoms with E-state index in [1.807, 2.05) is 11.0 Å². The highest BCUT2D eigenvalue weighted by Crippen LogP contribution is 2.42. The second-order valence-electron chi connectivity index (χ2n) is 6.73. The van der Waals surface area contributed by atoms with E-state index in [-0.39, 0.29) is 17.7 Å². The van der Waals surface area contributed by atoms with Crippen LogP contribution < -0.4 is 21.7 Å². The SMILES string of the molecule is COCCCNc1c(F)cccc1N1C(N)=NC(N)=NC12CCCCC2. The van der Waals surface area contributed by atoms with Crippen molar-refractivity contribution in [3.8, 4) is 0 Å². The molecule has 1 fully saturated rings. The van der Waals surface area contributed by atoms with Crippen LogP contribution in [0.4, 0.5) is 15.8 Å². The summed E-state index contributed by atoms with van der Waals surface area (Å²) < 4.78 is 19.7. The summed E-state index contributed by atoms with van der Waals surface area (Å²) >= 11 is 0. The summed E-state index contributed by atoms with van der Waals surface area (Å²) in [4.78, 5) is 10.6. The third-order valence-electron chi connectivity index (χ3n) is 4.91. The van der Waals surface area contributed by atoms with Gasteiger partial charge in [-0.25, -0.2) is 9.38 Å². The van der Waals surface area contributed by atoms with Crippen LogP contribution in [0, 0.1) is 5.82 Å². The lowest BCUT2D eigenvalue weighted by Crippen LogP contribution is -2.58. The van der Waals surface area contributed by atoms with Crippen molar-refractivity contribution in [2.75, 3.05) is 30.5 Å². The Bertz CT molecular complexity index is 699. The molecule has 1 aromatic carbocycles. The smallest absolute Gasteiger partial charge is 0.220 e. The van der Waals surface area contributed by atoms with Crippen LogP contribution in [0.15, 0.2) is 28.2 Å². The highest BCUT2D eigenvalue weighted by atomic mass is 19.1. The van der Waals surface area contributed by atoms with Crippen molar-refractivity contribution in [1.82, 2.24) is 0 Å². The van der Waals surface area contributed by atoms with Crippen molar-refractivity contribution < 1.29 is 9.13 Å². The Morgan fingerprint density at radius 3 is 2.77 bits per heavy atom. The van der Waals surface area contributed by atoms with Crippen molar-refractivity contribution >= 4 is 23.3 Å². The minimum Gasteiger partial charge on any atom is -0.385 e. The van der Waals surface area contributed by atoms with E-state index >= 15 is 0 Å². The molecule has 1 saturated carbocycles. The van der Waals surface area contributed by atoms with Crippen LogP contribution in [0.1, 0.15) is 38.5 Å². The molecule has 0 unspecified atom stereocenters. The van der Waals surface area contributed by atoms with E-state index < -0.39 is 5.66 Å². The van der Waals surface area contributed by atoms with Gasteiger partial charge in [-0.05, 0) is 44.2 Å². The molecule has 3 rings (SSSR count). The molecule has 2 aliphatic rings. The maximum absolute atomic E-state index is 14.6. The summed E-state index contributed by atoms with van der Waals surface area (Å²) in [5.74, 6) is 0.109. The molecule has 1 aliphatic carbocycles. The standard InChI is InChI=1S/C18H27FN6O/c1-26-12-6-11-22-15-13(19)7-5-8-14(15)25-17(21)23-16(20)24-18(25)9-3-2-4-10-18/h5,7-8,22H,2-4,6,9-12H2,1H3,(H4,20,21,23,24). The average molecular weight is 362 g/mol. The first-order valence-electron chi connectivity index (χ1n) is 9.08. The number of nitrogens with one attached hydrogen (secondary N) is 1. The highest BCUT2D eigenvalue weighted by molar-refractivity contribution is 6.07. The Balaban J connectivity index is 1.98. The molecule has 8 heteroatoms. The first-order chi connectivity index (χ1) is 12.6. The van der Waals surface area contributed by atoms with Crippen LogP contribution in [-0.2, 0) is 4.74 Å². The van der Waals surface area contributed by atoms with Crippen molar-refractivity contribution in [2.45, 2.75) is 44.2 Å². The maximum atomic E-state index is 14.6. The van der Waals surface area contributed by atoms with E-state index in [0.29, 0.717) is 24.5 Å². The lowest BCUT2D eigenvalue weighted by molar-refractivity contribution is 0.197. The molecule has 5 N–H and O–H groups in total. The van der Waals surface area contributed by atoms with Gasteiger partial charge in [0.05, 0.1) is 11.4 Å². The van der Waals surface area contributed by atoms with Crippen LogP contribution in [0.2, 0.25) is 0 Å². The summed E-state index contributed by atoms with van der Waals surface area (Å²) in [6, 6.07) is 4.96. The average Bonchev–Trinajstić information content (AvgIpc) is 2.60. The molecular formula is C18H27FN6O. The number of hydrogen-bond donors (Lipinski definition) is 3. The monoisotopic (exact) mass is 362 g/mol. The second kappa shape index (κ2) is 7.90. The minimum atomic E-state index is -0.592. The van der Waals surface area contributed by atoms with E-state index in [9.17, 15) is 4.39 Å². The van der Waals surface area contributed by atoms with Gasteiger partial charge in [0.25, 0.3) is 0 Å². The van der Waals surface area contributed by atoms with Gasteiger partial charge in [-0.2, -0.15) is 4.99 Å². The molecule has 142 valence electrons. The Morgan fingerprint density at radius 2 is 2.04 bits per heavy atom. The Hall–Kier alpha value is -2.35. The molecule has 1 aromatic rings. The molecule has 0 aromatic heterocycles. The van der Waals surface area contributed by atoms with Crippen LogP contribution >= 0.6 is 0 Å². The van der Waals surface area contributed by atoms with E-state index in [1.165, 1.54) is 6.07 Å². The second-order valence-corrected chi connectivity index (χ2v) is 6.73. The maximum Gasteiger partial charge on any atom is 0.220 e. The van der Waals surface area contributed by atoms with Gasteiger partial charge in [-0.3, -0.25) is 4.90 Å². The van der Waals surface area contributed by atoms with Crippen LogP contribution in [0.3, 0.4) is 0 Å². The number of para-hydroxylation sites is 1. The van der Waals surface area contributed by atoms with Gasteiger partial charge in [-0.1, -0.05) is 12.5 Å². The summed E-state index contributed by atoms with van der Waals surface area (Å²) in [6.45, 7) is 1.19. The summed E-state index contributed by atoms with van der Waals surface area (Å²) in [6.07, 6.45) is 5.57. The number of halogens is 1. The molecule has 7 nitrogen and oxygen atoms in total. The molecule has 0 radical (unpaired) electrons. The number of hydrogen-bond acceptors (Lipinski definition) is 7. The number of benzene rings is 1. The zero-order valence-corrected chi connectivity index (χ0v) is 15.2. The van der Waals surface area contributed by atoms with Gasteiger partial charge < -0.3 is 21.5 Å². The molecule has 0 atom stereocenters. The number of nitrogens with zero attached hydrogens (tertiary/aromatic N) is 3. The fourth-order valence-corrected chi connectivity index (χ4v) is 3.77. The first-order valence-corrected chi connectivity index (χ1v) is 9.08. The van der Waals surface area contributed by atoms with Crippen LogP contribution in [0.25, 0.3) is 0 Å². The normalized spacial score (nSPS) is 19.2. The number of rotatable bonds is 6. The number of methoxy groups -OCH3 is 1. The minimum absolute atomic E-state index is 0.187. The summed E-state index contributed by atoms with van der Waals surface area (Å²) in [7, 11) is 1.65. The number of anilines is 2. The number of nitrogens with two attached hydrogens (primary N) is 2. The van der Waals surface area contributed by atoms with Crippen LogP contribution in [-0.4, -0.2) is 37.8 Å².